The number of halogens is 2. The molecule has 3 N–H and O–H groups in total. The van der Waals surface area contributed by atoms with Gasteiger partial charge in [0.2, 0.25) is 0 Å². The molecular weight excluding hydrogens is 319 g/mol. The van der Waals surface area contributed by atoms with E-state index in [1.807, 2.05) is 0 Å². The van der Waals surface area contributed by atoms with Gasteiger partial charge in [-0.1, -0.05) is 23.2 Å². The highest BCUT2D eigenvalue weighted by atomic mass is 35.5. The van der Waals surface area contributed by atoms with Gasteiger partial charge < -0.3 is 11.1 Å². The van der Waals surface area contributed by atoms with Crippen LogP contribution in [0.4, 0.5) is 17.2 Å². The van der Waals surface area contributed by atoms with Gasteiger partial charge in [0.1, 0.15) is 5.82 Å². The summed E-state index contributed by atoms with van der Waals surface area (Å²) in [4.78, 5) is 25.9. The second-order valence-corrected chi connectivity index (χ2v) is 4.78. The van der Waals surface area contributed by atoms with Crippen molar-refractivity contribution in [2.45, 2.75) is 0 Å². The van der Waals surface area contributed by atoms with Gasteiger partial charge in [-0.05, 0) is 12.1 Å². The Hall–Kier alpha value is -2.38. The number of nitro benzene ring substituents is 1. The van der Waals surface area contributed by atoms with Gasteiger partial charge in [-0.2, -0.15) is 0 Å². The molecule has 0 atom stereocenters. The van der Waals surface area contributed by atoms with E-state index >= 15 is 0 Å². The largest absolute Gasteiger partial charge is 0.382 e. The summed E-state index contributed by atoms with van der Waals surface area (Å²) in [6.07, 6.45) is 1.24. The SMILES string of the molecule is Nc1ncc(C(=O)Nc2cc([N+](=O)[O-])ccc2Cl)cc1Cl. The van der Waals surface area contributed by atoms with Gasteiger partial charge in [0.15, 0.2) is 0 Å². The van der Waals surface area contributed by atoms with Gasteiger partial charge in [0.25, 0.3) is 11.6 Å². The molecule has 0 aliphatic heterocycles. The Labute approximate surface area is 128 Å². The van der Waals surface area contributed by atoms with E-state index in [-0.39, 0.29) is 32.8 Å². The van der Waals surface area contributed by atoms with Crippen LogP contribution >= 0.6 is 23.2 Å². The Bertz CT molecular complexity index is 736. The van der Waals surface area contributed by atoms with Crippen molar-refractivity contribution in [1.82, 2.24) is 4.98 Å². The Kier molecular flexibility index (Phi) is 4.25. The molecule has 2 rings (SSSR count). The summed E-state index contributed by atoms with van der Waals surface area (Å²) >= 11 is 11.7. The predicted octanol–water partition coefficient (Wildman–Crippen LogP) is 3.13. The van der Waals surface area contributed by atoms with Crippen LogP contribution in [0.2, 0.25) is 10.0 Å². The third kappa shape index (κ3) is 3.39. The first-order valence-electron chi connectivity index (χ1n) is 5.55. The highest BCUT2D eigenvalue weighted by molar-refractivity contribution is 6.34. The van der Waals surface area contributed by atoms with Gasteiger partial charge in [0, 0.05) is 18.3 Å². The van der Waals surface area contributed by atoms with E-state index in [4.69, 9.17) is 28.9 Å². The number of benzene rings is 1. The van der Waals surface area contributed by atoms with Crippen molar-refractivity contribution >= 4 is 46.3 Å². The Morgan fingerprint density at radius 1 is 1.29 bits per heavy atom. The van der Waals surface area contributed by atoms with Crippen LogP contribution in [0.5, 0.6) is 0 Å². The fourth-order valence-electron chi connectivity index (χ4n) is 1.49. The number of nitrogens with two attached hydrogens (primary N) is 1. The van der Waals surface area contributed by atoms with E-state index in [1.165, 1.54) is 24.4 Å². The van der Waals surface area contributed by atoms with Gasteiger partial charge >= 0.3 is 0 Å². The molecule has 0 radical (unpaired) electrons. The first-order valence-corrected chi connectivity index (χ1v) is 6.30. The predicted molar refractivity (Wildman–Crippen MR) is 79.7 cm³/mol. The molecule has 0 aliphatic carbocycles. The van der Waals surface area contributed by atoms with E-state index in [2.05, 4.69) is 10.3 Å². The van der Waals surface area contributed by atoms with Crippen LogP contribution in [-0.2, 0) is 0 Å². The lowest BCUT2D eigenvalue weighted by atomic mass is 10.2. The fraction of sp³-hybridized carbons (Fsp3) is 0. The molecule has 1 amide bonds. The number of aromatic nitrogens is 1. The molecule has 9 heteroatoms. The molecule has 0 spiro atoms. The minimum absolute atomic E-state index is 0.0987. The number of nitrogen functional groups attached to an aromatic ring is 1. The summed E-state index contributed by atoms with van der Waals surface area (Å²) in [6.45, 7) is 0. The highest BCUT2D eigenvalue weighted by Gasteiger charge is 2.14. The Morgan fingerprint density at radius 2 is 2.00 bits per heavy atom. The zero-order valence-electron chi connectivity index (χ0n) is 10.3. The Morgan fingerprint density at radius 3 is 2.62 bits per heavy atom. The minimum atomic E-state index is -0.590. The molecule has 0 bridgehead atoms. The van der Waals surface area contributed by atoms with Crippen molar-refractivity contribution in [3.05, 3.63) is 56.2 Å². The first-order chi connectivity index (χ1) is 9.88. The number of carbonyl (C=O) groups excluding carboxylic acids is 1. The molecule has 1 aromatic carbocycles. The number of nitrogens with zero attached hydrogens (tertiary/aromatic N) is 2. The van der Waals surface area contributed by atoms with Crippen molar-refractivity contribution in [3.8, 4) is 0 Å². The number of nitro groups is 1. The lowest BCUT2D eigenvalue weighted by Crippen LogP contribution is -2.13. The van der Waals surface area contributed by atoms with Crippen molar-refractivity contribution in [2.24, 2.45) is 0 Å². The number of hydrogen-bond acceptors (Lipinski definition) is 5. The summed E-state index contributed by atoms with van der Waals surface area (Å²) < 4.78 is 0. The summed E-state index contributed by atoms with van der Waals surface area (Å²) in [5.74, 6) is -0.464. The lowest BCUT2D eigenvalue weighted by molar-refractivity contribution is -0.384. The molecule has 0 saturated carbocycles. The normalized spacial score (nSPS) is 10.2. The van der Waals surface area contributed by atoms with E-state index in [1.54, 1.807) is 0 Å². The van der Waals surface area contributed by atoms with Crippen LogP contribution in [0, 0.1) is 10.1 Å². The van der Waals surface area contributed by atoms with Gasteiger partial charge in [0.05, 0.1) is 26.2 Å². The number of rotatable bonds is 3. The average Bonchev–Trinajstić information content (AvgIpc) is 2.43. The smallest absolute Gasteiger partial charge is 0.271 e. The highest BCUT2D eigenvalue weighted by Crippen LogP contribution is 2.27. The third-order valence-corrected chi connectivity index (χ3v) is 3.17. The van der Waals surface area contributed by atoms with Gasteiger partial charge in [-0.25, -0.2) is 4.98 Å². The second-order valence-electron chi connectivity index (χ2n) is 3.97. The number of non-ortho nitro benzene ring substituents is 1. The van der Waals surface area contributed by atoms with Crippen LogP contribution in [0.1, 0.15) is 10.4 Å². The lowest BCUT2D eigenvalue weighted by Gasteiger charge is -2.07. The van der Waals surface area contributed by atoms with Gasteiger partial charge in [-0.15, -0.1) is 0 Å². The molecule has 0 saturated heterocycles. The average molecular weight is 327 g/mol. The van der Waals surface area contributed by atoms with Crippen LogP contribution < -0.4 is 11.1 Å². The van der Waals surface area contributed by atoms with Gasteiger partial charge in [-0.3, -0.25) is 14.9 Å². The number of carbonyl (C=O) groups is 1. The number of pyridine rings is 1. The topological polar surface area (TPSA) is 111 Å². The maximum Gasteiger partial charge on any atom is 0.271 e. The molecule has 2 aromatic rings. The fourth-order valence-corrected chi connectivity index (χ4v) is 1.82. The minimum Gasteiger partial charge on any atom is -0.382 e. The van der Waals surface area contributed by atoms with E-state index in [0.717, 1.165) is 6.07 Å². The number of anilines is 2. The van der Waals surface area contributed by atoms with Crippen LogP contribution in [0.15, 0.2) is 30.5 Å². The van der Waals surface area contributed by atoms with E-state index < -0.39 is 10.8 Å². The molecule has 0 unspecified atom stereocenters. The number of amides is 1. The maximum absolute atomic E-state index is 12.0. The summed E-state index contributed by atoms with van der Waals surface area (Å²) in [6, 6.07) is 5.06. The molecule has 0 aliphatic rings. The monoisotopic (exact) mass is 326 g/mol. The molecule has 108 valence electrons. The van der Waals surface area contributed by atoms with Crippen molar-refractivity contribution < 1.29 is 9.72 Å². The van der Waals surface area contributed by atoms with Crippen LogP contribution in [-0.4, -0.2) is 15.8 Å². The molecule has 21 heavy (non-hydrogen) atoms. The summed E-state index contributed by atoms with van der Waals surface area (Å²) in [5, 5.41) is 13.5. The van der Waals surface area contributed by atoms with Crippen molar-refractivity contribution in [3.63, 3.8) is 0 Å². The number of nitrogens with one attached hydrogen (secondary N) is 1. The van der Waals surface area contributed by atoms with E-state index in [0.29, 0.717) is 0 Å². The quantitative estimate of drug-likeness (QED) is 0.664. The zero-order chi connectivity index (χ0) is 15.6. The standard InChI is InChI=1S/C12H8Cl2N4O3/c13-8-2-1-7(18(20)21)4-10(8)17-12(19)6-3-9(14)11(15)16-5-6/h1-5H,(H2,15,16)(H,17,19). The van der Waals surface area contributed by atoms with Crippen LogP contribution in [0.25, 0.3) is 0 Å². The molecular formula is C12H8Cl2N4O3. The third-order valence-electron chi connectivity index (χ3n) is 2.54. The molecule has 1 aromatic heterocycles. The molecule has 0 fully saturated rings. The summed E-state index contributed by atoms with van der Waals surface area (Å²) in [7, 11) is 0. The second kappa shape index (κ2) is 5.94. The Balaban J connectivity index is 2.28. The first kappa shape index (κ1) is 15.0. The summed E-state index contributed by atoms with van der Waals surface area (Å²) in [5.41, 5.74) is 5.52. The zero-order valence-corrected chi connectivity index (χ0v) is 11.9. The van der Waals surface area contributed by atoms with Crippen molar-refractivity contribution in [2.75, 3.05) is 11.1 Å². The van der Waals surface area contributed by atoms with Crippen molar-refractivity contribution in [1.29, 1.82) is 0 Å². The van der Waals surface area contributed by atoms with E-state index in [9.17, 15) is 14.9 Å². The van der Waals surface area contributed by atoms with Crippen LogP contribution in [0.3, 0.4) is 0 Å². The molecule has 1 heterocycles. The molecule has 7 nitrogen and oxygen atoms in total. The number of hydrogen-bond donors (Lipinski definition) is 2. The maximum atomic E-state index is 12.0.